The lowest BCUT2D eigenvalue weighted by Gasteiger charge is -2.26. The lowest BCUT2D eigenvalue weighted by atomic mass is 9.98. The Kier molecular flexibility index (Phi) is 10.7. The number of hydrogen-bond acceptors (Lipinski definition) is 8. The predicted octanol–water partition coefficient (Wildman–Crippen LogP) is 4.79. The highest BCUT2D eigenvalue weighted by Gasteiger charge is 2.34. The zero-order valence-electron chi connectivity index (χ0n) is 25.2. The van der Waals surface area contributed by atoms with Crippen LogP contribution in [0, 0.1) is 0 Å². The molecule has 0 saturated heterocycles. The van der Waals surface area contributed by atoms with Crippen LogP contribution in [-0.2, 0) is 28.6 Å². The summed E-state index contributed by atoms with van der Waals surface area (Å²) in [5.41, 5.74) is 2.73. The molecule has 0 unspecified atom stereocenters. The molecule has 3 N–H and O–H groups in total. The maximum absolute atomic E-state index is 12.6. The van der Waals surface area contributed by atoms with E-state index in [9.17, 15) is 24.3 Å². The van der Waals surface area contributed by atoms with Crippen LogP contribution in [0.2, 0.25) is 0 Å². The Bertz CT molecular complexity index is 1200. The molecule has 42 heavy (non-hydrogen) atoms. The quantitative estimate of drug-likeness (QED) is 0.139. The molecule has 10 heteroatoms. The van der Waals surface area contributed by atoms with Crippen LogP contribution in [0.25, 0.3) is 11.1 Å². The number of carboxylic acid groups (broad SMARTS) is 1. The summed E-state index contributed by atoms with van der Waals surface area (Å²) < 4.78 is 16.2. The van der Waals surface area contributed by atoms with Gasteiger partial charge in [-0.25, -0.2) is 19.2 Å². The van der Waals surface area contributed by atoms with Crippen LogP contribution in [0.4, 0.5) is 4.79 Å². The van der Waals surface area contributed by atoms with Gasteiger partial charge < -0.3 is 24.6 Å². The van der Waals surface area contributed by atoms with Crippen molar-refractivity contribution < 1.29 is 38.5 Å². The van der Waals surface area contributed by atoms with Crippen molar-refractivity contribution in [3.8, 4) is 11.1 Å². The molecule has 0 saturated carbocycles. The van der Waals surface area contributed by atoms with E-state index in [0.717, 1.165) is 22.3 Å². The first-order valence-corrected chi connectivity index (χ1v) is 14.2. The summed E-state index contributed by atoms with van der Waals surface area (Å²) in [5.74, 6) is -2.83. The summed E-state index contributed by atoms with van der Waals surface area (Å²) >= 11 is 0. The molecule has 1 amide bonds. The van der Waals surface area contributed by atoms with Crippen LogP contribution in [0.3, 0.4) is 0 Å². The van der Waals surface area contributed by atoms with Gasteiger partial charge in [-0.15, -0.1) is 0 Å². The first kappa shape index (κ1) is 32.6. The van der Waals surface area contributed by atoms with Crippen LogP contribution >= 0.6 is 0 Å². The normalized spacial score (nSPS) is 13.6. The zero-order valence-corrected chi connectivity index (χ0v) is 25.2. The fraction of sp³-hybridized carbons (Fsp3) is 0.500. The van der Waals surface area contributed by atoms with Crippen molar-refractivity contribution in [3.63, 3.8) is 0 Å². The van der Waals surface area contributed by atoms with E-state index in [1.165, 1.54) is 0 Å². The van der Waals surface area contributed by atoms with Gasteiger partial charge >= 0.3 is 24.0 Å². The number of carboxylic acids is 1. The number of fused-ring (bicyclic) bond motifs is 3. The van der Waals surface area contributed by atoms with E-state index >= 15 is 0 Å². The van der Waals surface area contributed by atoms with Gasteiger partial charge in [0, 0.05) is 5.92 Å². The van der Waals surface area contributed by atoms with E-state index in [-0.39, 0.29) is 25.5 Å². The molecular weight excluding hydrogens is 540 g/mol. The number of aliphatic carboxylic acids is 1. The van der Waals surface area contributed by atoms with E-state index in [1.54, 1.807) is 41.5 Å². The molecule has 0 fully saturated rings. The maximum Gasteiger partial charge on any atom is 0.407 e. The molecule has 10 nitrogen and oxygen atoms in total. The molecule has 0 radical (unpaired) electrons. The summed E-state index contributed by atoms with van der Waals surface area (Å²) in [6, 6.07) is 13.4. The number of hydrogen-bond donors (Lipinski definition) is 3. The molecule has 0 heterocycles. The lowest BCUT2D eigenvalue weighted by Crippen LogP contribution is -2.49. The fourth-order valence-corrected chi connectivity index (χ4v) is 4.74. The highest BCUT2D eigenvalue weighted by Crippen LogP contribution is 2.44. The Hall–Kier alpha value is -3.92. The number of rotatable bonds is 12. The summed E-state index contributed by atoms with van der Waals surface area (Å²) in [5, 5.41) is 15.0. The molecule has 0 spiro atoms. The summed E-state index contributed by atoms with van der Waals surface area (Å²) in [6.45, 7) is 10.5. The Morgan fingerprint density at radius 3 is 1.79 bits per heavy atom. The monoisotopic (exact) mass is 582 g/mol. The number of esters is 2. The van der Waals surface area contributed by atoms with Crippen molar-refractivity contribution in [3.05, 3.63) is 59.7 Å². The van der Waals surface area contributed by atoms with Gasteiger partial charge in [0.25, 0.3) is 0 Å². The van der Waals surface area contributed by atoms with Gasteiger partial charge in [-0.05, 0) is 89.6 Å². The van der Waals surface area contributed by atoms with Gasteiger partial charge in [-0.2, -0.15) is 0 Å². The molecule has 0 bridgehead atoms. The minimum atomic E-state index is -1.32. The van der Waals surface area contributed by atoms with Crippen LogP contribution in [0.15, 0.2) is 48.5 Å². The number of carbonyl (C=O) groups is 4. The number of benzene rings is 2. The second kappa shape index (κ2) is 13.8. The van der Waals surface area contributed by atoms with Crippen LogP contribution in [-0.4, -0.2) is 65.5 Å². The van der Waals surface area contributed by atoms with E-state index in [4.69, 9.17) is 14.2 Å². The molecule has 1 aliphatic rings. The molecule has 0 aromatic heterocycles. The zero-order chi connectivity index (χ0) is 31.1. The standard InChI is InChI=1S/C32H42N2O8/c1-31(2,3)41-28(37)26(29(38)42-32(4,5)6)33-18-12-11-17-25(27(35)36)34-30(39)40-19-24-22-15-9-7-13-20(22)21-14-8-10-16-23(21)24/h7-10,13-16,24-26,33H,11-12,17-19H2,1-6H3,(H,34,39)(H,35,36)/t25-/m0/s1. The number of amides is 1. The molecule has 3 rings (SSSR count). The fourth-order valence-electron chi connectivity index (χ4n) is 4.74. The number of ether oxygens (including phenoxy) is 3. The molecular formula is C32H42N2O8. The Balaban J connectivity index is 1.50. The van der Waals surface area contributed by atoms with Crippen LogP contribution < -0.4 is 10.6 Å². The lowest BCUT2D eigenvalue weighted by molar-refractivity contribution is -0.170. The number of nitrogens with one attached hydrogen (secondary N) is 2. The van der Waals surface area contributed by atoms with Crippen molar-refractivity contribution in [2.45, 2.75) is 90.0 Å². The predicted molar refractivity (Wildman–Crippen MR) is 157 cm³/mol. The highest BCUT2D eigenvalue weighted by molar-refractivity contribution is 5.99. The van der Waals surface area contributed by atoms with Gasteiger partial charge in [0.1, 0.15) is 23.9 Å². The van der Waals surface area contributed by atoms with Crippen molar-refractivity contribution in [1.29, 1.82) is 0 Å². The topological polar surface area (TPSA) is 140 Å². The highest BCUT2D eigenvalue weighted by atomic mass is 16.6. The molecule has 228 valence electrons. The van der Waals surface area contributed by atoms with Crippen LogP contribution in [0.1, 0.15) is 77.8 Å². The largest absolute Gasteiger partial charge is 0.480 e. The average Bonchev–Trinajstić information content (AvgIpc) is 3.20. The third-order valence-electron chi connectivity index (χ3n) is 6.49. The minimum absolute atomic E-state index is 0.0762. The van der Waals surface area contributed by atoms with E-state index in [1.807, 2.05) is 48.5 Å². The molecule has 0 aliphatic heterocycles. The van der Waals surface area contributed by atoms with Gasteiger partial charge in [-0.1, -0.05) is 48.5 Å². The SMILES string of the molecule is CC(C)(C)OC(=O)C(NCCCC[C@H](NC(=O)OCC1c2ccccc2-c2ccccc21)C(=O)O)C(=O)OC(C)(C)C. The van der Waals surface area contributed by atoms with Crippen molar-refractivity contribution in [2.24, 2.45) is 0 Å². The van der Waals surface area contributed by atoms with Crippen molar-refractivity contribution >= 4 is 24.0 Å². The Morgan fingerprint density at radius 1 is 0.810 bits per heavy atom. The number of unbranched alkanes of at least 4 members (excludes halogenated alkanes) is 1. The molecule has 2 aromatic rings. The van der Waals surface area contributed by atoms with Gasteiger partial charge in [-0.3, -0.25) is 5.32 Å². The molecule has 1 atom stereocenters. The summed E-state index contributed by atoms with van der Waals surface area (Å²) in [7, 11) is 0. The van der Waals surface area contributed by atoms with E-state index < -0.39 is 47.3 Å². The third kappa shape index (κ3) is 9.30. The Labute approximate surface area is 247 Å². The summed E-state index contributed by atoms with van der Waals surface area (Å²) in [6.07, 6.45) is 0.142. The average molecular weight is 583 g/mol. The van der Waals surface area contributed by atoms with E-state index in [0.29, 0.717) is 12.8 Å². The second-order valence-corrected chi connectivity index (χ2v) is 12.3. The molecule has 1 aliphatic carbocycles. The van der Waals surface area contributed by atoms with Gasteiger partial charge in [0.2, 0.25) is 6.04 Å². The number of alkyl carbamates (subject to hydrolysis) is 1. The minimum Gasteiger partial charge on any atom is -0.480 e. The first-order valence-electron chi connectivity index (χ1n) is 14.2. The van der Waals surface area contributed by atoms with E-state index in [2.05, 4.69) is 10.6 Å². The van der Waals surface area contributed by atoms with Gasteiger partial charge in [0.15, 0.2) is 0 Å². The van der Waals surface area contributed by atoms with Crippen molar-refractivity contribution in [1.82, 2.24) is 10.6 Å². The van der Waals surface area contributed by atoms with Crippen molar-refractivity contribution in [2.75, 3.05) is 13.2 Å². The second-order valence-electron chi connectivity index (χ2n) is 12.3. The van der Waals surface area contributed by atoms with Gasteiger partial charge in [0.05, 0.1) is 0 Å². The Morgan fingerprint density at radius 2 is 1.31 bits per heavy atom. The first-order chi connectivity index (χ1) is 19.7. The maximum atomic E-state index is 12.6. The third-order valence-corrected chi connectivity index (χ3v) is 6.49. The number of carbonyl (C=O) groups excluding carboxylic acids is 3. The molecule has 2 aromatic carbocycles. The van der Waals surface area contributed by atoms with Crippen LogP contribution in [0.5, 0.6) is 0 Å². The smallest absolute Gasteiger partial charge is 0.407 e. The summed E-state index contributed by atoms with van der Waals surface area (Å²) in [4.78, 5) is 49.7.